The fraction of sp³-hybridized carbons (Fsp3) is 0.800. The van der Waals surface area contributed by atoms with Gasteiger partial charge >= 0.3 is 0 Å². The molecule has 0 N–H and O–H groups in total. The molecule has 1 fully saturated rings. The molecule has 1 aliphatic heterocycles. The van der Waals surface area contributed by atoms with E-state index < -0.39 is 11.2 Å². The second-order valence-corrected chi connectivity index (χ2v) is 6.58. The van der Waals surface area contributed by atoms with Gasteiger partial charge in [0.15, 0.2) is 0 Å². The summed E-state index contributed by atoms with van der Waals surface area (Å²) in [5.41, 5.74) is -0.882. The largest absolute Gasteiger partial charge is 0.362 e. The third-order valence-corrected chi connectivity index (χ3v) is 4.90. The average molecular weight is 504 g/mol. The number of hydrogen-bond donors (Lipinski definition) is 0. The molecule has 0 spiro atoms. The quantitative estimate of drug-likeness (QED) is 0.350. The molecule has 0 bridgehead atoms. The first-order valence-corrected chi connectivity index (χ1v) is 9.21. The molecule has 2 nitrogen and oxygen atoms in total. The van der Waals surface area contributed by atoms with Gasteiger partial charge in [0.1, 0.15) is 11.2 Å². The summed E-state index contributed by atoms with van der Waals surface area (Å²) < 4.78 is 13.4. The van der Waals surface area contributed by atoms with Crippen LogP contribution in [0.1, 0.15) is 79.1 Å². The molecule has 138 valence electrons. The summed E-state index contributed by atoms with van der Waals surface area (Å²) >= 11 is 0. The van der Waals surface area contributed by atoms with Crippen LogP contribution in [0.4, 0.5) is 0 Å². The van der Waals surface area contributed by atoms with E-state index in [0.717, 1.165) is 51.4 Å². The zero-order chi connectivity index (χ0) is 16.6. The fourth-order valence-corrected chi connectivity index (χ4v) is 3.88. The Kier molecular flexibility index (Phi) is 10.9. The monoisotopic (exact) mass is 503 g/mol. The maximum atomic E-state index is 6.71. The molecule has 23 heavy (non-hydrogen) atoms. The molecule has 1 saturated heterocycles. The minimum Gasteiger partial charge on any atom is -0.362 e. The van der Waals surface area contributed by atoms with Crippen molar-refractivity contribution in [2.24, 2.45) is 0 Å². The van der Waals surface area contributed by atoms with E-state index in [1.165, 1.54) is 0 Å². The molecule has 1 heterocycles. The van der Waals surface area contributed by atoms with Crippen LogP contribution in [0.25, 0.3) is 0 Å². The Morgan fingerprint density at radius 1 is 0.739 bits per heavy atom. The van der Waals surface area contributed by atoms with Crippen molar-refractivity contribution in [1.82, 2.24) is 0 Å². The second kappa shape index (κ2) is 10.9. The summed E-state index contributed by atoms with van der Waals surface area (Å²) in [6, 6.07) is 0. The molecule has 0 aromatic rings. The third kappa shape index (κ3) is 4.80. The first-order chi connectivity index (χ1) is 10.6. The van der Waals surface area contributed by atoms with Crippen LogP contribution in [0.3, 0.4) is 0 Å². The first kappa shape index (κ1) is 23.1. The van der Waals surface area contributed by atoms with Crippen LogP contribution in [0.5, 0.6) is 0 Å². The molecule has 0 saturated carbocycles. The molecule has 0 radical (unpaired) electrons. The summed E-state index contributed by atoms with van der Waals surface area (Å²) in [6.07, 6.45) is 12.6. The van der Waals surface area contributed by atoms with Crippen LogP contribution >= 0.6 is 0 Å². The van der Waals surface area contributed by atoms with Gasteiger partial charge in [-0.3, -0.25) is 0 Å². The van der Waals surface area contributed by atoms with Crippen molar-refractivity contribution in [3.63, 3.8) is 0 Å². The standard InChI is InChI=1S/C20H36O2.Pt/c1-7-13-17-18(14-8-2)22-20(12-6,16-10-4)19(11-5,21-17)15-9-3;/h11-12,17-18H,5-10,13-16H2,1-4H3;. The Morgan fingerprint density at radius 2 is 1.09 bits per heavy atom. The van der Waals surface area contributed by atoms with Crippen LogP contribution in [-0.4, -0.2) is 23.4 Å². The van der Waals surface area contributed by atoms with Crippen molar-refractivity contribution in [3.8, 4) is 0 Å². The Bertz CT molecular complexity index is 324. The van der Waals surface area contributed by atoms with Crippen LogP contribution < -0.4 is 0 Å². The van der Waals surface area contributed by atoms with E-state index in [1.807, 2.05) is 12.2 Å². The summed E-state index contributed by atoms with van der Waals surface area (Å²) in [4.78, 5) is 0. The number of ether oxygens (including phenoxy) is 2. The molecule has 0 aromatic carbocycles. The zero-order valence-corrected chi connectivity index (χ0v) is 17.8. The van der Waals surface area contributed by atoms with Crippen molar-refractivity contribution < 1.29 is 30.5 Å². The van der Waals surface area contributed by atoms with Crippen molar-refractivity contribution in [2.45, 2.75) is 102 Å². The molecule has 1 aliphatic rings. The van der Waals surface area contributed by atoms with Crippen LogP contribution in [0.15, 0.2) is 25.3 Å². The summed E-state index contributed by atoms with van der Waals surface area (Å²) in [6.45, 7) is 17.0. The van der Waals surface area contributed by atoms with Gasteiger partial charge in [0, 0.05) is 21.1 Å². The van der Waals surface area contributed by atoms with Crippen LogP contribution in [-0.2, 0) is 30.5 Å². The topological polar surface area (TPSA) is 18.5 Å². The van der Waals surface area contributed by atoms with Crippen molar-refractivity contribution in [2.75, 3.05) is 0 Å². The average Bonchev–Trinajstić information content (AvgIpc) is 2.52. The Hall–Kier alpha value is 0.0883. The van der Waals surface area contributed by atoms with Gasteiger partial charge in [0.05, 0.1) is 12.2 Å². The molecular weight excluding hydrogens is 467 g/mol. The summed E-state index contributed by atoms with van der Waals surface area (Å²) in [5.74, 6) is 0. The normalized spacial score (nSPS) is 33.7. The van der Waals surface area contributed by atoms with E-state index in [-0.39, 0.29) is 33.3 Å². The first-order valence-electron chi connectivity index (χ1n) is 9.21. The summed E-state index contributed by atoms with van der Waals surface area (Å²) in [5, 5.41) is 0. The third-order valence-electron chi connectivity index (χ3n) is 4.90. The molecule has 3 heteroatoms. The smallest absolute Gasteiger partial charge is 0.119 e. The minimum atomic E-state index is -0.441. The SMILES string of the molecule is C=CC1(CCC)OC(CCC)C(CCC)OC1(C=C)CCC.[Pt]. The second-order valence-electron chi connectivity index (χ2n) is 6.58. The van der Waals surface area contributed by atoms with Gasteiger partial charge in [-0.15, -0.1) is 13.2 Å². The van der Waals surface area contributed by atoms with E-state index in [9.17, 15) is 0 Å². The molecule has 0 aromatic heterocycles. The van der Waals surface area contributed by atoms with Gasteiger partial charge in [0.25, 0.3) is 0 Å². The zero-order valence-electron chi connectivity index (χ0n) is 15.5. The van der Waals surface area contributed by atoms with Gasteiger partial charge in [-0.25, -0.2) is 0 Å². The molecular formula is C20H36O2Pt. The summed E-state index contributed by atoms with van der Waals surface area (Å²) in [7, 11) is 0. The van der Waals surface area contributed by atoms with Crippen LogP contribution in [0.2, 0.25) is 0 Å². The van der Waals surface area contributed by atoms with E-state index in [1.54, 1.807) is 0 Å². The van der Waals surface area contributed by atoms with E-state index >= 15 is 0 Å². The van der Waals surface area contributed by atoms with Gasteiger partial charge in [-0.1, -0.05) is 65.5 Å². The molecule has 0 amide bonds. The van der Waals surface area contributed by atoms with E-state index in [4.69, 9.17) is 9.47 Å². The van der Waals surface area contributed by atoms with Crippen molar-refractivity contribution >= 4 is 0 Å². The predicted octanol–water partition coefficient (Wildman–Crippen LogP) is 5.82. The Balaban J connectivity index is 0.00000484. The molecule has 4 atom stereocenters. The van der Waals surface area contributed by atoms with Gasteiger partial charge in [0.2, 0.25) is 0 Å². The fourth-order valence-electron chi connectivity index (χ4n) is 3.88. The maximum Gasteiger partial charge on any atom is 0.119 e. The molecule has 0 aliphatic carbocycles. The van der Waals surface area contributed by atoms with E-state index in [0.29, 0.717) is 0 Å². The Morgan fingerprint density at radius 3 is 1.30 bits per heavy atom. The maximum absolute atomic E-state index is 6.71. The van der Waals surface area contributed by atoms with Crippen molar-refractivity contribution in [1.29, 1.82) is 0 Å². The van der Waals surface area contributed by atoms with Gasteiger partial charge in [-0.05, 0) is 25.7 Å². The van der Waals surface area contributed by atoms with Crippen molar-refractivity contribution in [3.05, 3.63) is 25.3 Å². The van der Waals surface area contributed by atoms with E-state index in [2.05, 4.69) is 40.9 Å². The van der Waals surface area contributed by atoms with Crippen LogP contribution in [0, 0.1) is 0 Å². The number of rotatable bonds is 10. The van der Waals surface area contributed by atoms with Gasteiger partial charge < -0.3 is 9.47 Å². The Labute approximate surface area is 158 Å². The molecule has 1 rings (SSSR count). The van der Waals surface area contributed by atoms with Gasteiger partial charge in [-0.2, -0.15) is 0 Å². The molecule has 4 unspecified atom stereocenters. The predicted molar refractivity (Wildman–Crippen MR) is 95.2 cm³/mol. The number of hydrogen-bond acceptors (Lipinski definition) is 2. The minimum absolute atomic E-state index is 0.